The van der Waals surface area contributed by atoms with Gasteiger partial charge >= 0.3 is 11.9 Å². The second kappa shape index (κ2) is 10.4. The normalized spacial score (nSPS) is 17.7. The molecule has 37 heavy (non-hydrogen) atoms. The lowest BCUT2D eigenvalue weighted by Crippen LogP contribution is -2.42. The van der Waals surface area contributed by atoms with E-state index in [9.17, 15) is 9.59 Å². The van der Waals surface area contributed by atoms with Crippen LogP contribution in [0.3, 0.4) is 0 Å². The Morgan fingerprint density at radius 1 is 0.730 bits per heavy atom. The smallest absolute Gasteiger partial charge is 0.311 e. The van der Waals surface area contributed by atoms with Gasteiger partial charge in [0.2, 0.25) is 0 Å². The summed E-state index contributed by atoms with van der Waals surface area (Å²) in [5.41, 5.74) is 1.20. The number of benzene rings is 3. The minimum absolute atomic E-state index is 0.0831. The molecule has 3 aromatic rings. The number of rotatable bonds is 10. The fourth-order valence-corrected chi connectivity index (χ4v) is 5.33. The maximum atomic E-state index is 13.0. The highest BCUT2D eigenvalue weighted by molar-refractivity contribution is 6.12. The molecule has 3 aromatic carbocycles. The number of ether oxygens (including phenoxy) is 4. The highest BCUT2D eigenvalue weighted by Crippen LogP contribution is 2.44. The van der Waals surface area contributed by atoms with E-state index in [2.05, 4.69) is 13.8 Å². The van der Waals surface area contributed by atoms with Crippen molar-refractivity contribution in [1.82, 2.24) is 0 Å². The van der Waals surface area contributed by atoms with Crippen molar-refractivity contribution in [2.75, 3.05) is 26.4 Å². The molecular formula is C31H36O6. The quantitative estimate of drug-likeness (QED) is 0.178. The molecule has 0 amide bonds. The minimum Gasteiger partial charge on any atom is -0.425 e. The second-order valence-corrected chi connectivity index (χ2v) is 10.9. The lowest BCUT2D eigenvalue weighted by molar-refractivity contribution is -0.143. The highest BCUT2D eigenvalue weighted by Gasteiger charge is 2.38. The summed E-state index contributed by atoms with van der Waals surface area (Å²) in [7, 11) is 0. The van der Waals surface area contributed by atoms with Gasteiger partial charge in [-0.1, -0.05) is 55.8 Å². The molecule has 0 radical (unpaired) electrons. The van der Waals surface area contributed by atoms with E-state index in [1.807, 2.05) is 49.4 Å². The summed E-state index contributed by atoms with van der Waals surface area (Å²) in [6.07, 6.45) is 4.13. The van der Waals surface area contributed by atoms with Gasteiger partial charge in [-0.15, -0.1) is 0 Å². The van der Waals surface area contributed by atoms with Gasteiger partial charge in [0, 0.05) is 45.2 Å². The fourth-order valence-electron chi connectivity index (χ4n) is 5.33. The highest BCUT2D eigenvalue weighted by atomic mass is 16.5. The Labute approximate surface area is 218 Å². The van der Waals surface area contributed by atoms with Crippen molar-refractivity contribution in [2.45, 2.75) is 59.3 Å². The van der Waals surface area contributed by atoms with Crippen LogP contribution in [0.25, 0.3) is 21.5 Å². The first-order chi connectivity index (χ1) is 17.9. The van der Waals surface area contributed by atoms with Gasteiger partial charge in [-0.25, -0.2) is 0 Å². The average Bonchev–Trinajstić information content (AvgIpc) is 2.85. The van der Waals surface area contributed by atoms with Crippen molar-refractivity contribution in [1.29, 1.82) is 0 Å². The molecule has 2 aliphatic rings. The van der Waals surface area contributed by atoms with Crippen LogP contribution in [-0.4, -0.2) is 38.4 Å². The van der Waals surface area contributed by atoms with E-state index < -0.39 is 0 Å². The molecule has 0 bridgehead atoms. The summed E-state index contributed by atoms with van der Waals surface area (Å²) in [6.45, 7) is 9.09. The van der Waals surface area contributed by atoms with Crippen molar-refractivity contribution in [3.05, 3.63) is 48.0 Å². The second-order valence-electron chi connectivity index (χ2n) is 10.9. The standard InChI is InChI=1S/C31H36O6/c1-4-30(17-34-18-30)14-12-26(32)36-28-22-8-6-7-9-23(22)29(25-16-21(3)10-11-24(25)28)37-27(33)13-15-31(5-2)19-35-20-31/h6-11,16H,4-5,12-15,17-20H2,1-3H3. The van der Waals surface area contributed by atoms with Gasteiger partial charge in [0.15, 0.2) is 0 Å². The van der Waals surface area contributed by atoms with Crippen LogP contribution in [0.2, 0.25) is 0 Å². The molecule has 0 unspecified atom stereocenters. The molecule has 2 heterocycles. The van der Waals surface area contributed by atoms with Gasteiger partial charge < -0.3 is 18.9 Å². The number of esters is 2. The van der Waals surface area contributed by atoms with E-state index in [4.69, 9.17) is 18.9 Å². The SMILES string of the molecule is CCC1(CCC(=O)Oc2c3ccccc3c(OC(=O)CCC3(CC)COC3)c3cc(C)ccc23)COC1. The molecule has 2 aliphatic heterocycles. The first-order valence-corrected chi connectivity index (χ1v) is 13.4. The van der Waals surface area contributed by atoms with Gasteiger partial charge in [-0.3, -0.25) is 9.59 Å². The Balaban J connectivity index is 1.45. The lowest BCUT2D eigenvalue weighted by atomic mass is 9.79. The summed E-state index contributed by atoms with van der Waals surface area (Å²) in [4.78, 5) is 26.0. The number of fused-ring (bicyclic) bond motifs is 2. The lowest BCUT2D eigenvalue weighted by Gasteiger charge is -2.40. The van der Waals surface area contributed by atoms with Crippen LogP contribution >= 0.6 is 0 Å². The van der Waals surface area contributed by atoms with Gasteiger partial charge in [0.1, 0.15) is 11.5 Å². The predicted molar refractivity (Wildman–Crippen MR) is 143 cm³/mol. The summed E-state index contributed by atoms with van der Waals surface area (Å²) in [5.74, 6) is 0.516. The van der Waals surface area contributed by atoms with Gasteiger partial charge in [-0.2, -0.15) is 0 Å². The van der Waals surface area contributed by atoms with E-state index in [1.54, 1.807) is 0 Å². The molecule has 6 heteroatoms. The number of carbonyl (C=O) groups is 2. The molecule has 0 spiro atoms. The van der Waals surface area contributed by atoms with Crippen molar-refractivity contribution in [3.63, 3.8) is 0 Å². The molecule has 2 saturated heterocycles. The molecule has 0 saturated carbocycles. The van der Waals surface area contributed by atoms with Crippen LogP contribution in [-0.2, 0) is 19.1 Å². The fraction of sp³-hybridized carbons (Fsp3) is 0.484. The third-order valence-corrected chi connectivity index (χ3v) is 8.36. The molecule has 0 atom stereocenters. The van der Waals surface area contributed by atoms with Crippen LogP contribution in [0.15, 0.2) is 42.5 Å². The number of aryl methyl sites for hydroxylation is 1. The third kappa shape index (κ3) is 5.10. The largest absolute Gasteiger partial charge is 0.425 e. The van der Waals surface area contributed by atoms with Crippen LogP contribution in [0.5, 0.6) is 11.5 Å². The first-order valence-electron chi connectivity index (χ1n) is 13.4. The molecule has 0 N–H and O–H groups in total. The number of hydrogen-bond donors (Lipinski definition) is 0. The number of carbonyl (C=O) groups excluding carboxylic acids is 2. The molecule has 0 aliphatic carbocycles. The Morgan fingerprint density at radius 3 is 1.62 bits per heavy atom. The molecule has 5 rings (SSSR count). The Bertz CT molecular complexity index is 1310. The van der Waals surface area contributed by atoms with E-state index >= 15 is 0 Å². The van der Waals surface area contributed by atoms with Crippen LogP contribution < -0.4 is 9.47 Å². The van der Waals surface area contributed by atoms with Crippen molar-refractivity contribution in [3.8, 4) is 11.5 Å². The Hall–Kier alpha value is -2.96. The van der Waals surface area contributed by atoms with E-state index in [0.29, 0.717) is 50.8 Å². The first kappa shape index (κ1) is 25.7. The van der Waals surface area contributed by atoms with Crippen LogP contribution in [0, 0.1) is 17.8 Å². The van der Waals surface area contributed by atoms with Crippen molar-refractivity contribution in [2.24, 2.45) is 10.8 Å². The predicted octanol–water partition coefficient (Wildman–Crippen LogP) is 6.53. The van der Waals surface area contributed by atoms with Crippen molar-refractivity contribution < 1.29 is 28.5 Å². The Morgan fingerprint density at radius 2 is 1.19 bits per heavy atom. The number of hydrogen-bond acceptors (Lipinski definition) is 6. The summed E-state index contributed by atoms with van der Waals surface area (Å²) < 4.78 is 22.9. The van der Waals surface area contributed by atoms with Crippen LogP contribution in [0.1, 0.15) is 57.9 Å². The van der Waals surface area contributed by atoms with Gasteiger partial charge in [-0.05, 0) is 38.7 Å². The maximum Gasteiger partial charge on any atom is 0.311 e. The molecule has 6 nitrogen and oxygen atoms in total. The summed E-state index contributed by atoms with van der Waals surface area (Å²) in [6, 6.07) is 13.6. The maximum absolute atomic E-state index is 13.0. The zero-order valence-electron chi connectivity index (χ0n) is 22.1. The third-order valence-electron chi connectivity index (χ3n) is 8.36. The van der Waals surface area contributed by atoms with Crippen LogP contribution in [0.4, 0.5) is 0 Å². The van der Waals surface area contributed by atoms with E-state index in [1.165, 1.54) is 0 Å². The zero-order valence-corrected chi connectivity index (χ0v) is 22.1. The van der Waals surface area contributed by atoms with Crippen molar-refractivity contribution >= 4 is 33.5 Å². The minimum atomic E-state index is -0.260. The summed E-state index contributed by atoms with van der Waals surface area (Å²) in [5, 5.41) is 3.04. The van der Waals surface area contributed by atoms with Gasteiger partial charge in [0.25, 0.3) is 0 Å². The average molecular weight is 505 g/mol. The topological polar surface area (TPSA) is 71.1 Å². The monoisotopic (exact) mass is 504 g/mol. The molecule has 196 valence electrons. The van der Waals surface area contributed by atoms with E-state index in [-0.39, 0.29) is 22.8 Å². The summed E-state index contributed by atoms with van der Waals surface area (Å²) >= 11 is 0. The van der Waals surface area contributed by atoms with Gasteiger partial charge in [0.05, 0.1) is 26.4 Å². The van der Waals surface area contributed by atoms with E-state index in [0.717, 1.165) is 52.8 Å². The molecular weight excluding hydrogens is 468 g/mol. The molecule has 2 fully saturated rings. The zero-order chi connectivity index (χ0) is 26.0. The Kier molecular flexibility index (Phi) is 7.24. The molecule has 0 aromatic heterocycles.